The van der Waals surface area contributed by atoms with Crippen LogP contribution in [0.4, 0.5) is 0 Å². The number of halogens is 1. The number of aromatic nitrogens is 1. The molecule has 3 heterocycles. The topological polar surface area (TPSA) is 54.7 Å². The Bertz CT molecular complexity index is 821. The third kappa shape index (κ3) is 3.87. The molecule has 26 heavy (non-hydrogen) atoms. The fraction of sp³-hybridized carbons (Fsp3) is 0.450. The Labute approximate surface area is 161 Å². The van der Waals surface area contributed by atoms with Gasteiger partial charge in [0, 0.05) is 48.3 Å². The van der Waals surface area contributed by atoms with E-state index in [0.29, 0.717) is 18.4 Å². The van der Waals surface area contributed by atoms with Gasteiger partial charge in [-0.15, -0.1) is 0 Å². The number of fused-ring (bicyclic) bond motifs is 4. The van der Waals surface area contributed by atoms with Crippen molar-refractivity contribution in [3.8, 4) is 5.75 Å². The van der Waals surface area contributed by atoms with Crippen molar-refractivity contribution < 1.29 is 9.84 Å². The Hall–Kier alpha value is -1.63. The molecule has 2 aliphatic heterocycles. The summed E-state index contributed by atoms with van der Waals surface area (Å²) in [5, 5.41) is 10.4. The van der Waals surface area contributed by atoms with E-state index in [2.05, 4.69) is 26.9 Å². The van der Waals surface area contributed by atoms with Crippen LogP contribution >= 0.6 is 15.9 Å². The van der Waals surface area contributed by atoms with Gasteiger partial charge in [0.25, 0.3) is 5.56 Å². The number of ether oxygens (including phenoxy) is 1. The Morgan fingerprint density at radius 2 is 1.96 bits per heavy atom. The highest BCUT2D eigenvalue weighted by Gasteiger charge is 2.34. The highest BCUT2D eigenvalue weighted by Crippen LogP contribution is 2.34. The van der Waals surface area contributed by atoms with Crippen molar-refractivity contribution in [1.29, 1.82) is 0 Å². The first-order valence-corrected chi connectivity index (χ1v) is 9.86. The number of hydrogen-bond donors (Lipinski definition) is 1. The number of pyridine rings is 1. The molecule has 2 aliphatic rings. The lowest BCUT2D eigenvalue weighted by Crippen LogP contribution is -2.49. The quantitative estimate of drug-likeness (QED) is 0.809. The molecule has 2 bridgehead atoms. The highest BCUT2D eigenvalue weighted by atomic mass is 79.9. The first-order chi connectivity index (χ1) is 12.6. The SMILES string of the molecule is O=c1cccc2n1C[C@@H]1CC2CN(CC(O)COc2ccc(Br)cc2)C1. The van der Waals surface area contributed by atoms with Gasteiger partial charge in [0.1, 0.15) is 18.5 Å². The smallest absolute Gasteiger partial charge is 0.250 e. The van der Waals surface area contributed by atoms with Crippen LogP contribution in [-0.2, 0) is 6.54 Å². The van der Waals surface area contributed by atoms with E-state index in [1.807, 2.05) is 34.9 Å². The third-order valence-corrected chi connectivity index (χ3v) is 5.81. The van der Waals surface area contributed by atoms with Gasteiger partial charge < -0.3 is 14.4 Å². The fourth-order valence-electron chi connectivity index (χ4n) is 4.22. The fourth-order valence-corrected chi connectivity index (χ4v) is 4.48. The Morgan fingerprint density at radius 1 is 1.15 bits per heavy atom. The zero-order valence-electron chi connectivity index (χ0n) is 14.6. The average Bonchev–Trinajstić information content (AvgIpc) is 2.62. The zero-order valence-corrected chi connectivity index (χ0v) is 16.1. The molecule has 138 valence electrons. The summed E-state index contributed by atoms with van der Waals surface area (Å²) >= 11 is 3.40. The average molecular weight is 419 g/mol. The molecule has 5 nitrogen and oxygen atoms in total. The van der Waals surface area contributed by atoms with E-state index in [4.69, 9.17) is 4.74 Å². The van der Waals surface area contributed by atoms with Crippen LogP contribution in [0.15, 0.2) is 51.7 Å². The molecule has 3 atom stereocenters. The number of benzene rings is 1. The van der Waals surface area contributed by atoms with Gasteiger partial charge >= 0.3 is 0 Å². The van der Waals surface area contributed by atoms with Gasteiger partial charge in [0.2, 0.25) is 0 Å². The molecular weight excluding hydrogens is 396 g/mol. The second-order valence-electron chi connectivity index (χ2n) is 7.34. The van der Waals surface area contributed by atoms with Crippen molar-refractivity contribution in [1.82, 2.24) is 9.47 Å². The second-order valence-corrected chi connectivity index (χ2v) is 8.25. The first-order valence-electron chi connectivity index (χ1n) is 9.07. The van der Waals surface area contributed by atoms with Crippen LogP contribution in [0.2, 0.25) is 0 Å². The van der Waals surface area contributed by atoms with E-state index >= 15 is 0 Å². The van der Waals surface area contributed by atoms with Crippen molar-refractivity contribution in [2.24, 2.45) is 5.92 Å². The van der Waals surface area contributed by atoms with Crippen LogP contribution in [0, 0.1) is 5.92 Å². The van der Waals surface area contributed by atoms with Crippen LogP contribution < -0.4 is 10.3 Å². The first kappa shape index (κ1) is 17.8. The third-order valence-electron chi connectivity index (χ3n) is 5.28. The molecule has 1 fully saturated rings. The number of nitrogens with zero attached hydrogens (tertiary/aromatic N) is 2. The van der Waals surface area contributed by atoms with Gasteiger partial charge in [-0.25, -0.2) is 0 Å². The summed E-state index contributed by atoms with van der Waals surface area (Å²) in [6.45, 7) is 3.47. The molecule has 0 radical (unpaired) electrons. The van der Waals surface area contributed by atoms with Crippen molar-refractivity contribution in [2.45, 2.75) is 25.0 Å². The number of β-amino-alcohol motifs (C(OH)–C–C–N with tert-alkyl or cyclic N) is 1. The number of rotatable bonds is 5. The van der Waals surface area contributed by atoms with Crippen molar-refractivity contribution >= 4 is 15.9 Å². The van der Waals surface area contributed by atoms with E-state index in [0.717, 1.165) is 42.0 Å². The number of aliphatic hydroxyl groups excluding tert-OH is 1. The monoisotopic (exact) mass is 418 g/mol. The Morgan fingerprint density at radius 3 is 2.77 bits per heavy atom. The van der Waals surface area contributed by atoms with E-state index in [1.165, 1.54) is 0 Å². The minimum absolute atomic E-state index is 0.105. The highest BCUT2D eigenvalue weighted by molar-refractivity contribution is 9.10. The van der Waals surface area contributed by atoms with Crippen LogP contribution in [0.3, 0.4) is 0 Å². The molecule has 0 aliphatic carbocycles. The summed E-state index contributed by atoms with van der Waals surface area (Å²) in [6.07, 6.45) is 0.598. The van der Waals surface area contributed by atoms with Crippen LogP contribution in [0.25, 0.3) is 0 Å². The second kappa shape index (κ2) is 7.55. The molecule has 0 spiro atoms. The van der Waals surface area contributed by atoms with Gasteiger partial charge in [0.15, 0.2) is 0 Å². The minimum Gasteiger partial charge on any atom is -0.491 e. The normalized spacial score (nSPS) is 23.3. The molecule has 6 heteroatoms. The molecule has 2 unspecified atom stereocenters. The predicted octanol–water partition coefficient (Wildman–Crippen LogP) is 2.47. The largest absolute Gasteiger partial charge is 0.491 e. The lowest BCUT2D eigenvalue weighted by Gasteiger charge is -2.43. The van der Waals surface area contributed by atoms with Gasteiger partial charge in [-0.1, -0.05) is 22.0 Å². The standard InChI is InChI=1S/C20H23BrN2O3/c21-16-4-6-18(7-5-16)26-13-17(24)12-22-9-14-8-15(11-22)19-2-1-3-20(25)23(19)10-14/h1-7,14-15,17,24H,8-13H2/t14-,15?,17?/m1/s1. The molecule has 1 saturated heterocycles. The van der Waals surface area contributed by atoms with Gasteiger partial charge in [-0.05, 0) is 42.7 Å². The lowest BCUT2D eigenvalue weighted by atomic mass is 9.83. The maximum Gasteiger partial charge on any atom is 0.250 e. The lowest BCUT2D eigenvalue weighted by molar-refractivity contribution is 0.0384. The summed E-state index contributed by atoms with van der Waals surface area (Å²) < 4.78 is 8.63. The van der Waals surface area contributed by atoms with E-state index < -0.39 is 6.10 Å². The van der Waals surface area contributed by atoms with Gasteiger partial charge in [-0.3, -0.25) is 9.69 Å². The van der Waals surface area contributed by atoms with Crippen molar-refractivity contribution in [2.75, 3.05) is 26.2 Å². The summed E-state index contributed by atoms with van der Waals surface area (Å²) in [4.78, 5) is 14.4. The van der Waals surface area contributed by atoms with Crippen LogP contribution in [0.1, 0.15) is 18.0 Å². The van der Waals surface area contributed by atoms with Gasteiger partial charge in [-0.2, -0.15) is 0 Å². The van der Waals surface area contributed by atoms with Crippen LogP contribution in [0.5, 0.6) is 5.75 Å². The van der Waals surface area contributed by atoms with Crippen LogP contribution in [-0.4, -0.2) is 46.9 Å². The number of likely N-dealkylation sites (tertiary alicyclic amines) is 1. The maximum absolute atomic E-state index is 12.1. The number of piperidine rings is 1. The molecule has 1 aromatic carbocycles. The van der Waals surface area contributed by atoms with Crippen molar-refractivity contribution in [3.63, 3.8) is 0 Å². The predicted molar refractivity (Wildman–Crippen MR) is 104 cm³/mol. The van der Waals surface area contributed by atoms with E-state index in [9.17, 15) is 9.90 Å². The Kier molecular flexibility index (Phi) is 5.16. The molecule has 1 aromatic heterocycles. The summed E-state index contributed by atoms with van der Waals surface area (Å²) in [7, 11) is 0. The van der Waals surface area contributed by atoms with E-state index in [-0.39, 0.29) is 12.2 Å². The molecular formula is C20H23BrN2O3. The summed E-state index contributed by atoms with van der Waals surface area (Å²) in [5.41, 5.74) is 1.24. The number of hydrogen-bond acceptors (Lipinski definition) is 4. The maximum atomic E-state index is 12.1. The zero-order chi connectivity index (χ0) is 18.1. The summed E-state index contributed by atoms with van der Waals surface area (Å²) in [6, 6.07) is 13.2. The molecule has 0 saturated carbocycles. The Balaban J connectivity index is 1.35. The van der Waals surface area contributed by atoms with E-state index in [1.54, 1.807) is 6.07 Å². The molecule has 0 amide bonds. The minimum atomic E-state index is -0.532. The van der Waals surface area contributed by atoms with Crippen molar-refractivity contribution in [3.05, 3.63) is 63.0 Å². The summed E-state index contributed by atoms with van der Waals surface area (Å²) in [5.74, 6) is 1.60. The number of aliphatic hydroxyl groups is 1. The molecule has 4 rings (SSSR count). The van der Waals surface area contributed by atoms with Gasteiger partial charge in [0.05, 0.1) is 0 Å². The molecule has 2 aromatic rings. The molecule has 1 N–H and O–H groups in total.